The van der Waals surface area contributed by atoms with Crippen LogP contribution in [0, 0.1) is 6.92 Å². The summed E-state index contributed by atoms with van der Waals surface area (Å²) in [6, 6.07) is 9.32. The zero-order valence-electron chi connectivity index (χ0n) is 15.6. The largest absolute Gasteiger partial charge is 0.416 e. The summed E-state index contributed by atoms with van der Waals surface area (Å²) in [6.45, 7) is 4.50. The highest BCUT2D eigenvalue weighted by molar-refractivity contribution is 7.92. The molecule has 28 heavy (non-hydrogen) atoms. The molecule has 0 amide bonds. The number of sulfonamides is 1. The van der Waals surface area contributed by atoms with Gasteiger partial charge in [0.25, 0.3) is 10.0 Å². The molecule has 0 aliphatic carbocycles. The number of nitrogens with zero attached hydrogens (tertiary/aromatic N) is 2. The summed E-state index contributed by atoms with van der Waals surface area (Å²) in [4.78, 5) is 4.00. The van der Waals surface area contributed by atoms with E-state index in [0.29, 0.717) is 18.8 Å². The van der Waals surface area contributed by atoms with E-state index in [1.807, 2.05) is 18.9 Å². The van der Waals surface area contributed by atoms with Crippen molar-refractivity contribution in [2.45, 2.75) is 18.0 Å². The lowest BCUT2D eigenvalue weighted by Crippen LogP contribution is -2.44. The number of likely N-dealkylation sites (N-methyl/N-ethyl adjacent to an activating group) is 1. The minimum atomic E-state index is -4.56. The standard InChI is InChI=1S/C19H22F3N3O2S/c1-14-3-6-16(7-4-14)28(26,27)23-17-13-15(19(20,21)22)5-8-18(17)25-11-9-24(2)10-12-25/h3-8,13,23H,9-12H2,1-2H3. The number of rotatable bonds is 4. The van der Waals surface area contributed by atoms with Gasteiger partial charge in [0.1, 0.15) is 0 Å². The summed E-state index contributed by atoms with van der Waals surface area (Å²) in [5, 5.41) is 0. The Morgan fingerprint density at radius 1 is 0.964 bits per heavy atom. The topological polar surface area (TPSA) is 52.7 Å². The lowest BCUT2D eigenvalue weighted by atomic mass is 10.1. The van der Waals surface area contributed by atoms with Crippen molar-refractivity contribution >= 4 is 21.4 Å². The maximum absolute atomic E-state index is 13.2. The lowest BCUT2D eigenvalue weighted by Gasteiger charge is -2.35. The smallest absolute Gasteiger partial charge is 0.367 e. The Bertz CT molecular complexity index is 936. The number of alkyl halides is 3. The van der Waals surface area contributed by atoms with Gasteiger partial charge in [0.05, 0.1) is 21.8 Å². The molecule has 1 aliphatic heterocycles. The summed E-state index contributed by atoms with van der Waals surface area (Å²) < 4.78 is 67.4. The molecule has 1 aliphatic rings. The highest BCUT2D eigenvalue weighted by Crippen LogP contribution is 2.36. The normalized spacial score (nSPS) is 16.2. The quantitative estimate of drug-likeness (QED) is 0.833. The second kappa shape index (κ2) is 7.63. The van der Waals surface area contributed by atoms with Gasteiger partial charge in [0.15, 0.2) is 0 Å². The van der Waals surface area contributed by atoms with Gasteiger partial charge in [-0.2, -0.15) is 13.2 Å². The Balaban J connectivity index is 1.99. The predicted molar refractivity (Wildman–Crippen MR) is 103 cm³/mol. The van der Waals surface area contributed by atoms with Gasteiger partial charge in [-0.05, 0) is 44.3 Å². The van der Waals surface area contributed by atoms with Gasteiger partial charge < -0.3 is 9.80 Å². The van der Waals surface area contributed by atoms with E-state index in [1.54, 1.807) is 12.1 Å². The third kappa shape index (κ3) is 4.59. The minimum absolute atomic E-state index is 0.000149. The molecule has 3 rings (SSSR count). The van der Waals surface area contributed by atoms with E-state index in [-0.39, 0.29) is 10.6 Å². The van der Waals surface area contributed by atoms with Gasteiger partial charge in [-0.15, -0.1) is 0 Å². The molecule has 9 heteroatoms. The maximum Gasteiger partial charge on any atom is 0.416 e. The number of anilines is 2. The second-order valence-electron chi connectivity index (χ2n) is 6.94. The van der Waals surface area contributed by atoms with Gasteiger partial charge in [-0.25, -0.2) is 8.42 Å². The molecule has 0 spiro atoms. The fourth-order valence-corrected chi connectivity index (χ4v) is 4.10. The van der Waals surface area contributed by atoms with Crippen LogP contribution in [0.4, 0.5) is 24.5 Å². The Labute approximate surface area is 162 Å². The average Bonchev–Trinajstić information content (AvgIpc) is 2.62. The highest BCUT2D eigenvalue weighted by Gasteiger charge is 2.32. The first-order valence-electron chi connectivity index (χ1n) is 8.80. The van der Waals surface area contributed by atoms with Gasteiger partial charge in [-0.3, -0.25) is 4.72 Å². The number of nitrogens with one attached hydrogen (secondary N) is 1. The molecule has 152 valence electrons. The molecule has 0 saturated carbocycles. The van der Waals surface area contributed by atoms with Crippen molar-refractivity contribution in [2.75, 3.05) is 42.8 Å². The first-order chi connectivity index (χ1) is 13.1. The molecule has 1 fully saturated rings. The van der Waals surface area contributed by atoms with Crippen LogP contribution in [0.1, 0.15) is 11.1 Å². The van der Waals surface area contributed by atoms with Crippen molar-refractivity contribution in [1.29, 1.82) is 0 Å². The van der Waals surface area contributed by atoms with Crippen molar-refractivity contribution in [3.63, 3.8) is 0 Å². The van der Waals surface area contributed by atoms with Gasteiger partial charge in [0, 0.05) is 26.2 Å². The average molecular weight is 413 g/mol. The molecule has 0 atom stereocenters. The van der Waals surface area contributed by atoms with Crippen LogP contribution in [-0.4, -0.2) is 46.5 Å². The summed E-state index contributed by atoms with van der Waals surface area (Å²) in [5.74, 6) is 0. The van der Waals surface area contributed by atoms with Crippen LogP contribution in [0.2, 0.25) is 0 Å². The van der Waals surface area contributed by atoms with Crippen molar-refractivity contribution in [1.82, 2.24) is 4.90 Å². The van der Waals surface area contributed by atoms with E-state index in [1.165, 1.54) is 18.2 Å². The number of halogens is 3. The molecule has 2 aromatic rings. The summed E-state index contributed by atoms with van der Waals surface area (Å²) in [6.07, 6.45) is -4.56. The predicted octanol–water partition coefficient (Wildman–Crippen LogP) is 3.57. The Kier molecular flexibility index (Phi) is 5.58. The van der Waals surface area contributed by atoms with Crippen LogP contribution in [0.5, 0.6) is 0 Å². The molecular formula is C19H22F3N3O2S. The number of benzene rings is 2. The van der Waals surface area contributed by atoms with Crippen LogP contribution in [-0.2, 0) is 16.2 Å². The van der Waals surface area contributed by atoms with Crippen LogP contribution in [0.15, 0.2) is 47.4 Å². The molecule has 1 saturated heterocycles. The highest BCUT2D eigenvalue weighted by atomic mass is 32.2. The third-order valence-electron chi connectivity index (χ3n) is 4.74. The summed E-state index contributed by atoms with van der Waals surface area (Å²) in [7, 11) is -2.06. The molecule has 0 radical (unpaired) electrons. The molecule has 2 aromatic carbocycles. The molecule has 0 aromatic heterocycles. The van der Waals surface area contributed by atoms with Crippen molar-refractivity contribution in [3.05, 3.63) is 53.6 Å². The number of hydrogen-bond acceptors (Lipinski definition) is 4. The molecule has 0 bridgehead atoms. The molecule has 1 heterocycles. The lowest BCUT2D eigenvalue weighted by molar-refractivity contribution is -0.137. The Morgan fingerprint density at radius 2 is 1.57 bits per heavy atom. The van der Waals surface area contributed by atoms with Crippen molar-refractivity contribution < 1.29 is 21.6 Å². The van der Waals surface area contributed by atoms with E-state index >= 15 is 0 Å². The monoisotopic (exact) mass is 413 g/mol. The van der Waals surface area contributed by atoms with E-state index < -0.39 is 21.8 Å². The van der Waals surface area contributed by atoms with Crippen LogP contribution in [0.25, 0.3) is 0 Å². The molecule has 5 nitrogen and oxygen atoms in total. The summed E-state index contributed by atoms with van der Waals surface area (Å²) >= 11 is 0. The Morgan fingerprint density at radius 3 is 2.14 bits per heavy atom. The molecule has 0 unspecified atom stereocenters. The van der Waals surface area contributed by atoms with E-state index in [2.05, 4.69) is 9.62 Å². The number of aryl methyl sites for hydroxylation is 1. The summed E-state index contributed by atoms with van der Waals surface area (Å²) in [5.41, 5.74) is 0.361. The van der Waals surface area contributed by atoms with Gasteiger partial charge >= 0.3 is 6.18 Å². The maximum atomic E-state index is 13.2. The fraction of sp³-hybridized carbons (Fsp3) is 0.368. The van der Waals surface area contributed by atoms with Gasteiger partial charge in [-0.1, -0.05) is 17.7 Å². The Hall–Kier alpha value is -2.26. The van der Waals surface area contributed by atoms with Crippen LogP contribution in [0.3, 0.4) is 0 Å². The molecular weight excluding hydrogens is 391 g/mol. The van der Waals surface area contributed by atoms with Crippen molar-refractivity contribution in [2.24, 2.45) is 0 Å². The third-order valence-corrected chi connectivity index (χ3v) is 6.12. The zero-order chi connectivity index (χ0) is 20.5. The first kappa shape index (κ1) is 20.5. The number of hydrogen-bond donors (Lipinski definition) is 1. The van der Waals surface area contributed by atoms with Crippen LogP contribution >= 0.6 is 0 Å². The zero-order valence-corrected chi connectivity index (χ0v) is 16.4. The van der Waals surface area contributed by atoms with E-state index in [0.717, 1.165) is 30.8 Å². The number of piperazine rings is 1. The van der Waals surface area contributed by atoms with Gasteiger partial charge in [0.2, 0.25) is 0 Å². The van der Waals surface area contributed by atoms with Crippen molar-refractivity contribution in [3.8, 4) is 0 Å². The van der Waals surface area contributed by atoms with E-state index in [4.69, 9.17) is 0 Å². The van der Waals surface area contributed by atoms with E-state index in [9.17, 15) is 21.6 Å². The first-order valence-corrected chi connectivity index (χ1v) is 10.3. The van der Waals surface area contributed by atoms with Crippen LogP contribution < -0.4 is 9.62 Å². The minimum Gasteiger partial charge on any atom is -0.367 e. The second-order valence-corrected chi connectivity index (χ2v) is 8.62. The SMILES string of the molecule is Cc1ccc(S(=O)(=O)Nc2cc(C(F)(F)F)ccc2N2CCN(C)CC2)cc1. The fourth-order valence-electron chi connectivity index (χ4n) is 3.04. The molecule has 1 N–H and O–H groups in total.